The summed E-state index contributed by atoms with van der Waals surface area (Å²) in [4.78, 5) is 16.3. The van der Waals surface area contributed by atoms with Gasteiger partial charge in [-0.2, -0.15) is 5.10 Å². The lowest BCUT2D eigenvalue weighted by Crippen LogP contribution is -2.20. The SMILES string of the molecule is Cc1cc(NC(=O)CSc2ccccn2)n([C@H]2CCS(=O)(=O)C2)n1. The van der Waals surface area contributed by atoms with E-state index in [1.165, 1.54) is 11.8 Å². The number of carbonyl (C=O) groups excluding carboxylic acids is 1. The zero-order valence-electron chi connectivity index (χ0n) is 13.2. The van der Waals surface area contributed by atoms with Crippen LogP contribution in [0.3, 0.4) is 0 Å². The molecule has 1 saturated heterocycles. The monoisotopic (exact) mass is 366 g/mol. The molecule has 0 radical (unpaired) electrons. The van der Waals surface area contributed by atoms with Gasteiger partial charge in [-0.25, -0.2) is 18.1 Å². The molecule has 128 valence electrons. The highest BCUT2D eigenvalue weighted by Crippen LogP contribution is 2.27. The number of carbonyl (C=O) groups is 1. The lowest BCUT2D eigenvalue weighted by atomic mass is 10.3. The van der Waals surface area contributed by atoms with E-state index in [1.54, 1.807) is 16.9 Å². The molecule has 0 unspecified atom stereocenters. The number of pyridine rings is 1. The highest BCUT2D eigenvalue weighted by atomic mass is 32.2. The molecular formula is C15H18N4O3S2. The van der Waals surface area contributed by atoms with Gasteiger partial charge < -0.3 is 5.32 Å². The van der Waals surface area contributed by atoms with Crippen LogP contribution < -0.4 is 5.32 Å². The van der Waals surface area contributed by atoms with Crippen LogP contribution in [0.1, 0.15) is 18.2 Å². The van der Waals surface area contributed by atoms with Gasteiger partial charge in [0, 0.05) is 12.3 Å². The number of aryl methyl sites for hydroxylation is 1. The molecule has 2 aromatic heterocycles. The predicted octanol–water partition coefficient (Wildman–Crippen LogP) is 1.68. The zero-order chi connectivity index (χ0) is 17.2. The van der Waals surface area contributed by atoms with E-state index >= 15 is 0 Å². The van der Waals surface area contributed by atoms with Crippen molar-refractivity contribution in [3.8, 4) is 0 Å². The smallest absolute Gasteiger partial charge is 0.235 e. The van der Waals surface area contributed by atoms with Crippen LogP contribution in [0, 0.1) is 6.92 Å². The second-order valence-electron chi connectivity index (χ2n) is 5.68. The maximum Gasteiger partial charge on any atom is 0.235 e. The summed E-state index contributed by atoms with van der Waals surface area (Å²) in [6.07, 6.45) is 2.20. The molecule has 3 rings (SSSR count). The molecule has 24 heavy (non-hydrogen) atoms. The predicted molar refractivity (Wildman–Crippen MR) is 92.9 cm³/mol. The Kier molecular flexibility index (Phi) is 4.91. The number of hydrogen-bond donors (Lipinski definition) is 1. The van der Waals surface area contributed by atoms with Gasteiger partial charge in [-0.3, -0.25) is 4.79 Å². The summed E-state index contributed by atoms with van der Waals surface area (Å²) in [7, 11) is -3.01. The second kappa shape index (κ2) is 6.94. The molecule has 1 fully saturated rings. The Hall–Kier alpha value is -1.87. The van der Waals surface area contributed by atoms with Crippen molar-refractivity contribution in [3.05, 3.63) is 36.2 Å². The van der Waals surface area contributed by atoms with Gasteiger partial charge in [0.1, 0.15) is 5.82 Å². The number of amides is 1. The van der Waals surface area contributed by atoms with Gasteiger partial charge in [-0.05, 0) is 25.5 Å². The second-order valence-corrected chi connectivity index (χ2v) is 8.90. The van der Waals surface area contributed by atoms with E-state index < -0.39 is 9.84 Å². The molecule has 1 atom stereocenters. The standard InChI is InChI=1S/C15H18N4O3S2/c1-11-8-13(19(18-11)12-5-7-24(21,22)10-12)17-14(20)9-23-15-4-2-3-6-16-15/h2-4,6,8,12H,5,7,9-10H2,1H3,(H,17,20)/t12-/m0/s1. The van der Waals surface area contributed by atoms with E-state index in [9.17, 15) is 13.2 Å². The maximum absolute atomic E-state index is 12.2. The van der Waals surface area contributed by atoms with Crippen LogP contribution in [0.15, 0.2) is 35.5 Å². The first-order valence-corrected chi connectivity index (χ1v) is 10.3. The molecule has 2 aromatic rings. The Morgan fingerprint density at radius 3 is 2.96 bits per heavy atom. The normalized spacial score (nSPS) is 19.3. The van der Waals surface area contributed by atoms with Crippen molar-refractivity contribution in [1.29, 1.82) is 0 Å². The zero-order valence-corrected chi connectivity index (χ0v) is 14.8. The summed E-state index contributed by atoms with van der Waals surface area (Å²) in [5, 5.41) is 7.95. The number of aromatic nitrogens is 3. The molecule has 7 nitrogen and oxygen atoms in total. The number of sulfone groups is 1. The van der Waals surface area contributed by atoms with Gasteiger partial charge in [-0.1, -0.05) is 17.8 Å². The number of thioether (sulfide) groups is 1. The Labute approximate surface area is 144 Å². The third kappa shape index (κ3) is 4.15. The fourth-order valence-corrected chi connectivity index (χ4v) is 4.96. The van der Waals surface area contributed by atoms with Crippen molar-refractivity contribution >= 4 is 33.3 Å². The first kappa shape index (κ1) is 17.0. The van der Waals surface area contributed by atoms with Gasteiger partial charge in [0.05, 0.1) is 34.0 Å². The summed E-state index contributed by atoms with van der Waals surface area (Å²) in [5.41, 5.74) is 0.743. The summed E-state index contributed by atoms with van der Waals surface area (Å²) < 4.78 is 25.0. The van der Waals surface area contributed by atoms with E-state index in [0.717, 1.165) is 10.7 Å². The van der Waals surface area contributed by atoms with E-state index in [2.05, 4.69) is 15.4 Å². The largest absolute Gasteiger partial charge is 0.310 e. The molecule has 1 aliphatic rings. The fraction of sp³-hybridized carbons (Fsp3) is 0.400. The molecule has 3 heterocycles. The number of nitrogens with one attached hydrogen (secondary N) is 1. The van der Waals surface area contributed by atoms with Gasteiger partial charge in [0.2, 0.25) is 5.91 Å². The average Bonchev–Trinajstić information content (AvgIpc) is 3.08. The highest BCUT2D eigenvalue weighted by Gasteiger charge is 2.31. The summed E-state index contributed by atoms with van der Waals surface area (Å²) in [5.74, 6) is 0.831. The molecule has 1 N–H and O–H groups in total. The lowest BCUT2D eigenvalue weighted by Gasteiger charge is -2.13. The molecule has 0 aliphatic carbocycles. The van der Waals surface area contributed by atoms with E-state index in [1.807, 2.05) is 25.1 Å². The first-order valence-electron chi connectivity index (χ1n) is 7.53. The van der Waals surface area contributed by atoms with E-state index in [-0.39, 0.29) is 29.2 Å². The Balaban J connectivity index is 1.66. The summed E-state index contributed by atoms with van der Waals surface area (Å²) >= 11 is 1.34. The van der Waals surface area contributed by atoms with Gasteiger partial charge in [-0.15, -0.1) is 0 Å². The van der Waals surface area contributed by atoms with Gasteiger partial charge in [0.25, 0.3) is 0 Å². The molecular weight excluding hydrogens is 348 g/mol. The third-order valence-corrected chi connectivity index (χ3v) is 6.36. The van der Waals surface area contributed by atoms with Crippen molar-refractivity contribution in [2.75, 3.05) is 22.6 Å². The molecule has 0 bridgehead atoms. The highest BCUT2D eigenvalue weighted by molar-refractivity contribution is 7.99. The van der Waals surface area contributed by atoms with Crippen LogP contribution in [0.25, 0.3) is 0 Å². The minimum Gasteiger partial charge on any atom is -0.310 e. The average molecular weight is 366 g/mol. The van der Waals surface area contributed by atoms with Crippen molar-refractivity contribution < 1.29 is 13.2 Å². The molecule has 1 amide bonds. The van der Waals surface area contributed by atoms with Crippen LogP contribution in [0.5, 0.6) is 0 Å². The van der Waals surface area contributed by atoms with Crippen LogP contribution in [-0.2, 0) is 14.6 Å². The Morgan fingerprint density at radius 1 is 1.46 bits per heavy atom. The number of anilines is 1. The van der Waals surface area contributed by atoms with Crippen LogP contribution >= 0.6 is 11.8 Å². The van der Waals surface area contributed by atoms with Crippen LogP contribution in [0.4, 0.5) is 5.82 Å². The topological polar surface area (TPSA) is 94.0 Å². The molecule has 0 saturated carbocycles. The van der Waals surface area contributed by atoms with Gasteiger partial charge in [0.15, 0.2) is 9.84 Å². The quantitative estimate of drug-likeness (QED) is 0.809. The fourth-order valence-electron chi connectivity index (χ4n) is 2.61. The molecule has 0 aromatic carbocycles. The minimum atomic E-state index is -3.01. The Bertz CT molecular complexity index is 834. The minimum absolute atomic E-state index is 0.0691. The van der Waals surface area contributed by atoms with Crippen molar-refractivity contribution in [2.24, 2.45) is 0 Å². The molecule has 9 heteroatoms. The van der Waals surface area contributed by atoms with Crippen LogP contribution in [0.2, 0.25) is 0 Å². The van der Waals surface area contributed by atoms with E-state index in [4.69, 9.17) is 0 Å². The van der Waals surface area contributed by atoms with Gasteiger partial charge >= 0.3 is 0 Å². The summed E-state index contributed by atoms with van der Waals surface area (Å²) in [6.45, 7) is 1.82. The number of hydrogen-bond acceptors (Lipinski definition) is 6. The Morgan fingerprint density at radius 2 is 2.29 bits per heavy atom. The summed E-state index contributed by atoms with van der Waals surface area (Å²) in [6, 6.07) is 7.07. The lowest BCUT2D eigenvalue weighted by molar-refractivity contribution is -0.113. The first-order chi connectivity index (χ1) is 11.4. The number of nitrogens with zero attached hydrogens (tertiary/aromatic N) is 3. The van der Waals surface area contributed by atoms with Crippen molar-refractivity contribution in [2.45, 2.75) is 24.4 Å². The third-order valence-electron chi connectivity index (χ3n) is 3.67. The van der Waals surface area contributed by atoms with Crippen LogP contribution in [-0.4, -0.2) is 46.3 Å². The van der Waals surface area contributed by atoms with Crippen molar-refractivity contribution in [1.82, 2.24) is 14.8 Å². The van der Waals surface area contributed by atoms with Crippen molar-refractivity contribution in [3.63, 3.8) is 0 Å². The van der Waals surface area contributed by atoms with E-state index in [0.29, 0.717) is 12.2 Å². The maximum atomic E-state index is 12.2. The molecule has 0 spiro atoms. The number of rotatable bonds is 5. The molecule has 1 aliphatic heterocycles.